The molecule has 2 aromatic rings. The summed E-state index contributed by atoms with van der Waals surface area (Å²) in [7, 11) is 0. The molecule has 0 aliphatic rings. The predicted octanol–water partition coefficient (Wildman–Crippen LogP) is 5.42. The first kappa shape index (κ1) is 16.4. The first-order chi connectivity index (χ1) is 10.0. The maximum Gasteiger partial charge on any atom is 0.345 e. The third-order valence-electron chi connectivity index (χ3n) is 3.10. The summed E-state index contributed by atoms with van der Waals surface area (Å²) in [6.07, 6.45) is 1.99. The van der Waals surface area contributed by atoms with E-state index in [1.165, 1.54) is 11.1 Å². The van der Waals surface area contributed by atoms with Gasteiger partial charge in [-0.15, -0.1) is 0 Å². The number of hydrogen-bond acceptors (Lipinski definition) is 3. The predicted molar refractivity (Wildman–Crippen MR) is 96.2 cm³/mol. The fourth-order valence-corrected chi connectivity index (χ4v) is 3.75. The van der Waals surface area contributed by atoms with Gasteiger partial charge in [-0.3, -0.25) is 0 Å². The monoisotopic (exact) mass is 338 g/mol. The summed E-state index contributed by atoms with van der Waals surface area (Å²) in [5, 5.41) is 0. The van der Waals surface area contributed by atoms with Gasteiger partial charge >= 0.3 is 5.69 Å². The highest BCUT2D eigenvalue weighted by molar-refractivity contribution is 8.60. The van der Waals surface area contributed by atoms with Crippen molar-refractivity contribution in [1.82, 2.24) is 0 Å². The summed E-state index contributed by atoms with van der Waals surface area (Å²) < 4.78 is 11.5. The highest BCUT2D eigenvalue weighted by Crippen LogP contribution is 2.52. The molecule has 0 radical (unpaired) electrons. The van der Waals surface area contributed by atoms with Crippen molar-refractivity contribution in [2.75, 3.05) is 0 Å². The lowest BCUT2D eigenvalue weighted by Gasteiger charge is -2.18. The first-order valence-corrected chi connectivity index (χ1v) is 10.7. The molecule has 0 amide bonds. The molecule has 2 aromatic carbocycles. The van der Waals surface area contributed by atoms with Crippen LogP contribution in [-0.2, 0) is 24.6 Å². The summed E-state index contributed by atoms with van der Waals surface area (Å²) in [5.74, 6) is 1.38. The summed E-state index contributed by atoms with van der Waals surface area (Å²) >= 11 is 9.75. The minimum atomic E-state index is -2.66. The molecule has 0 saturated carbocycles. The van der Waals surface area contributed by atoms with Gasteiger partial charge in [0.25, 0.3) is 0 Å². The third-order valence-corrected chi connectivity index (χ3v) is 4.92. The quantitative estimate of drug-likeness (QED) is 0.560. The smallest absolute Gasteiger partial charge is 0.345 e. The van der Waals surface area contributed by atoms with Crippen LogP contribution in [0.15, 0.2) is 48.5 Å². The molecule has 0 aromatic heterocycles. The van der Waals surface area contributed by atoms with E-state index < -0.39 is 5.69 Å². The second-order valence-electron chi connectivity index (χ2n) is 4.65. The van der Waals surface area contributed by atoms with Gasteiger partial charge in [-0.1, -0.05) is 50.4 Å². The zero-order chi connectivity index (χ0) is 15.3. The molecule has 0 N–H and O–H groups in total. The van der Waals surface area contributed by atoms with Crippen molar-refractivity contribution in [3.8, 4) is 11.5 Å². The van der Waals surface area contributed by atoms with Crippen molar-refractivity contribution in [3.05, 3.63) is 59.7 Å². The van der Waals surface area contributed by atoms with E-state index in [-0.39, 0.29) is 0 Å². The molecule has 2 rings (SSSR count). The zero-order valence-electron chi connectivity index (χ0n) is 12.2. The van der Waals surface area contributed by atoms with Gasteiger partial charge in [0.05, 0.1) is 0 Å². The highest BCUT2D eigenvalue weighted by Gasteiger charge is 2.16. The van der Waals surface area contributed by atoms with Crippen LogP contribution in [0, 0.1) is 0 Å². The van der Waals surface area contributed by atoms with Crippen molar-refractivity contribution in [1.29, 1.82) is 0 Å². The van der Waals surface area contributed by atoms with Crippen LogP contribution in [0.25, 0.3) is 0 Å². The van der Waals surface area contributed by atoms with Crippen LogP contribution in [0.5, 0.6) is 11.5 Å². The number of rotatable bonds is 6. The van der Waals surface area contributed by atoms with Crippen molar-refractivity contribution in [3.63, 3.8) is 0 Å². The van der Waals surface area contributed by atoms with Crippen LogP contribution in [0.2, 0.25) is 0 Å². The van der Waals surface area contributed by atoms with E-state index in [0.29, 0.717) is 11.5 Å². The number of hydrogen-bond donors (Lipinski definition) is 1. The van der Waals surface area contributed by atoms with Gasteiger partial charge in [-0.05, 0) is 60.0 Å². The van der Waals surface area contributed by atoms with Crippen LogP contribution >= 0.6 is 17.9 Å². The minimum Gasteiger partial charge on any atom is -0.428 e. The largest absolute Gasteiger partial charge is 0.428 e. The fourth-order valence-electron chi connectivity index (χ4n) is 1.86. The maximum atomic E-state index is 5.73. The average Bonchev–Trinajstić information content (AvgIpc) is 2.48. The van der Waals surface area contributed by atoms with E-state index >= 15 is 0 Å². The van der Waals surface area contributed by atoms with Gasteiger partial charge in [0.1, 0.15) is 11.5 Å². The second kappa shape index (κ2) is 7.35. The van der Waals surface area contributed by atoms with Crippen LogP contribution in [0.4, 0.5) is 0 Å². The summed E-state index contributed by atoms with van der Waals surface area (Å²) in [4.78, 5) is 0. The fraction of sp³-hybridized carbons (Fsp3) is 0.250. The van der Waals surface area contributed by atoms with Gasteiger partial charge in [-0.25, -0.2) is 0 Å². The average molecular weight is 338 g/mol. The Kier molecular flexibility index (Phi) is 5.74. The summed E-state index contributed by atoms with van der Waals surface area (Å²) in [5.41, 5.74) is -0.145. The molecule has 2 nitrogen and oxygen atoms in total. The van der Waals surface area contributed by atoms with E-state index in [4.69, 9.17) is 20.9 Å². The number of aryl methyl sites for hydroxylation is 2. The Morgan fingerprint density at radius 3 is 1.43 bits per heavy atom. The van der Waals surface area contributed by atoms with E-state index in [1.807, 2.05) is 48.5 Å². The molecule has 0 bridgehead atoms. The van der Waals surface area contributed by atoms with E-state index in [1.54, 1.807) is 0 Å². The van der Waals surface area contributed by atoms with Crippen molar-refractivity contribution in [2.45, 2.75) is 26.7 Å². The van der Waals surface area contributed by atoms with Crippen LogP contribution in [-0.4, -0.2) is 0 Å². The SMILES string of the molecule is CCc1ccc(OP(=S)(S)Oc2ccc(CC)cc2)cc1. The lowest BCUT2D eigenvalue weighted by atomic mass is 10.2. The highest BCUT2D eigenvalue weighted by atomic mass is 32.9. The van der Waals surface area contributed by atoms with Gasteiger partial charge in [-0.2, -0.15) is 0 Å². The Bertz CT molecular complexity index is 570. The van der Waals surface area contributed by atoms with E-state index in [9.17, 15) is 0 Å². The molecule has 0 saturated heterocycles. The van der Waals surface area contributed by atoms with E-state index in [2.05, 4.69) is 26.1 Å². The van der Waals surface area contributed by atoms with Crippen molar-refractivity contribution < 1.29 is 9.05 Å². The zero-order valence-corrected chi connectivity index (χ0v) is 14.8. The summed E-state index contributed by atoms with van der Waals surface area (Å²) in [6, 6.07) is 15.7. The maximum absolute atomic E-state index is 5.73. The number of thiol groups is 1. The van der Waals surface area contributed by atoms with Crippen molar-refractivity contribution in [2.24, 2.45) is 0 Å². The molecule has 0 fully saturated rings. The van der Waals surface area contributed by atoms with Gasteiger partial charge in [0.15, 0.2) is 0 Å². The van der Waals surface area contributed by atoms with Gasteiger partial charge < -0.3 is 9.05 Å². The molecule has 0 atom stereocenters. The first-order valence-electron chi connectivity index (χ1n) is 6.92. The number of benzene rings is 2. The molecule has 0 heterocycles. The van der Waals surface area contributed by atoms with Gasteiger partial charge in [0.2, 0.25) is 0 Å². The third kappa shape index (κ3) is 5.06. The molecule has 21 heavy (non-hydrogen) atoms. The van der Waals surface area contributed by atoms with Crippen LogP contribution in [0.1, 0.15) is 25.0 Å². The Morgan fingerprint density at radius 1 is 0.810 bits per heavy atom. The standard InChI is InChI=1S/C16H19O2PS2/c1-3-13-5-9-15(10-6-13)17-19(20,21)18-16-11-7-14(4-2)8-12-16/h5-12H,3-4H2,1-2H3,(H,20,21). The lowest BCUT2D eigenvalue weighted by Crippen LogP contribution is -1.95. The molecule has 5 heteroatoms. The summed E-state index contributed by atoms with van der Waals surface area (Å²) in [6.45, 7) is 4.23. The van der Waals surface area contributed by atoms with Crippen LogP contribution in [0.3, 0.4) is 0 Å². The molecular formula is C16H19O2PS2. The Balaban J connectivity index is 2.04. The lowest BCUT2D eigenvalue weighted by molar-refractivity contribution is 0.507. The molecular weight excluding hydrogens is 319 g/mol. The van der Waals surface area contributed by atoms with Crippen molar-refractivity contribution >= 4 is 29.7 Å². The molecule has 0 aliphatic heterocycles. The van der Waals surface area contributed by atoms with Crippen LogP contribution < -0.4 is 9.05 Å². The molecule has 0 aliphatic carbocycles. The Morgan fingerprint density at radius 2 is 1.14 bits per heavy atom. The normalized spacial score (nSPS) is 11.2. The van der Waals surface area contributed by atoms with Gasteiger partial charge in [0, 0.05) is 0 Å². The topological polar surface area (TPSA) is 18.5 Å². The second-order valence-corrected chi connectivity index (χ2v) is 9.78. The minimum absolute atomic E-state index is 0.690. The molecule has 112 valence electrons. The molecule has 0 unspecified atom stereocenters. The Hall–Kier alpha value is -0.960. The molecule has 0 spiro atoms. The van der Waals surface area contributed by atoms with E-state index in [0.717, 1.165) is 12.8 Å². The Labute approximate surface area is 136 Å².